The van der Waals surface area contributed by atoms with E-state index in [-0.39, 0.29) is 6.04 Å². The summed E-state index contributed by atoms with van der Waals surface area (Å²) in [6.07, 6.45) is -4.30. The molecule has 0 amide bonds. The van der Waals surface area contributed by atoms with Crippen LogP contribution in [0.1, 0.15) is 31.0 Å². The number of guanidine groups is 1. The van der Waals surface area contributed by atoms with Crippen LogP contribution >= 0.6 is 0 Å². The second kappa shape index (κ2) is 5.34. The average Bonchev–Trinajstić information content (AvgIpc) is 2.70. The lowest BCUT2D eigenvalue weighted by atomic mass is 10.0. The molecule has 2 rings (SSSR count). The average molecular weight is 285 g/mol. The van der Waals surface area contributed by atoms with Gasteiger partial charge >= 0.3 is 6.18 Å². The van der Waals surface area contributed by atoms with E-state index in [1.54, 1.807) is 0 Å². The minimum absolute atomic E-state index is 0.0697. The normalized spacial score (nSPS) is 19.6. The molecule has 6 heteroatoms. The fraction of sp³-hybridized carbons (Fsp3) is 0.500. The van der Waals surface area contributed by atoms with Crippen molar-refractivity contribution >= 4 is 5.96 Å². The Morgan fingerprint density at radius 2 is 1.90 bits per heavy atom. The topological polar surface area (TPSA) is 41.6 Å². The Morgan fingerprint density at radius 1 is 1.30 bits per heavy atom. The minimum atomic E-state index is -4.30. The molecule has 0 spiro atoms. The van der Waals surface area contributed by atoms with E-state index in [1.165, 1.54) is 12.1 Å². The lowest BCUT2D eigenvalue weighted by molar-refractivity contribution is -0.137. The second-order valence-electron chi connectivity index (χ2n) is 5.38. The van der Waals surface area contributed by atoms with Crippen molar-refractivity contribution in [2.24, 2.45) is 16.6 Å². The molecule has 0 aliphatic carbocycles. The lowest BCUT2D eigenvalue weighted by Gasteiger charge is -2.28. The number of nitrogens with two attached hydrogens (primary N) is 1. The predicted octanol–water partition coefficient (Wildman–Crippen LogP) is 3.03. The predicted molar refractivity (Wildman–Crippen MR) is 72.2 cm³/mol. The van der Waals surface area contributed by atoms with Gasteiger partial charge in [0.25, 0.3) is 0 Å². The van der Waals surface area contributed by atoms with Crippen molar-refractivity contribution in [1.82, 2.24) is 4.90 Å². The smallest absolute Gasteiger partial charge is 0.370 e. The van der Waals surface area contributed by atoms with E-state index in [0.717, 1.165) is 24.2 Å². The molecular formula is C14H18F3N3. The summed E-state index contributed by atoms with van der Waals surface area (Å²) in [4.78, 5) is 6.15. The molecule has 0 aromatic heterocycles. The molecule has 1 aromatic rings. The Bertz CT molecular complexity index is 491. The number of hydrogen-bond donors (Lipinski definition) is 1. The number of benzene rings is 1. The Balaban J connectivity index is 2.19. The Hall–Kier alpha value is -1.72. The van der Waals surface area contributed by atoms with Crippen molar-refractivity contribution in [3.63, 3.8) is 0 Å². The molecule has 0 fully saturated rings. The zero-order valence-electron chi connectivity index (χ0n) is 11.5. The lowest BCUT2D eigenvalue weighted by Crippen LogP contribution is -2.38. The van der Waals surface area contributed by atoms with Crippen LogP contribution < -0.4 is 5.73 Å². The molecule has 110 valence electrons. The van der Waals surface area contributed by atoms with E-state index >= 15 is 0 Å². The number of alkyl halides is 3. The van der Waals surface area contributed by atoms with Gasteiger partial charge in [-0.15, -0.1) is 0 Å². The summed E-state index contributed by atoms with van der Waals surface area (Å²) in [6, 6.07) is 5.17. The molecule has 1 atom stereocenters. The summed E-state index contributed by atoms with van der Waals surface area (Å²) in [5, 5.41) is 0. The van der Waals surface area contributed by atoms with Crippen LogP contribution in [-0.4, -0.2) is 23.9 Å². The molecule has 3 nitrogen and oxygen atoms in total. The first-order valence-corrected chi connectivity index (χ1v) is 6.52. The molecule has 1 aliphatic rings. The molecule has 1 aromatic carbocycles. The number of rotatable bonds is 3. The molecule has 20 heavy (non-hydrogen) atoms. The maximum atomic E-state index is 12.6. The van der Waals surface area contributed by atoms with Crippen LogP contribution in [0.25, 0.3) is 0 Å². The maximum absolute atomic E-state index is 12.6. The third-order valence-electron chi connectivity index (χ3n) is 3.28. The van der Waals surface area contributed by atoms with Crippen LogP contribution in [0.2, 0.25) is 0 Å². The maximum Gasteiger partial charge on any atom is 0.416 e. The highest BCUT2D eigenvalue weighted by atomic mass is 19.4. The zero-order chi connectivity index (χ0) is 14.9. The van der Waals surface area contributed by atoms with Crippen LogP contribution in [0.3, 0.4) is 0 Å². The number of nitrogens with zero attached hydrogens (tertiary/aromatic N) is 2. The quantitative estimate of drug-likeness (QED) is 0.927. The monoisotopic (exact) mass is 285 g/mol. The van der Waals surface area contributed by atoms with Gasteiger partial charge in [0.15, 0.2) is 5.96 Å². The van der Waals surface area contributed by atoms with Gasteiger partial charge in [-0.2, -0.15) is 13.2 Å². The van der Waals surface area contributed by atoms with Crippen LogP contribution in [-0.2, 0) is 6.18 Å². The van der Waals surface area contributed by atoms with Gasteiger partial charge in [-0.3, -0.25) is 4.99 Å². The van der Waals surface area contributed by atoms with Gasteiger partial charge in [0.05, 0.1) is 18.2 Å². The first-order chi connectivity index (χ1) is 9.29. The third-order valence-corrected chi connectivity index (χ3v) is 3.28. The largest absolute Gasteiger partial charge is 0.416 e. The van der Waals surface area contributed by atoms with Crippen molar-refractivity contribution in [3.8, 4) is 0 Å². The molecule has 0 saturated carbocycles. The molecule has 1 aliphatic heterocycles. The van der Waals surface area contributed by atoms with E-state index in [2.05, 4.69) is 18.8 Å². The molecule has 1 heterocycles. The number of aliphatic imine (C=N–C) groups is 1. The van der Waals surface area contributed by atoms with E-state index in [1.807, 2.05) is 4.90 Å². The molecule has 2 N–H and O–H groups in total. The highest BCUT2D eigenvalue weighted by Crippen LogP contribution is 2.32. The van der Waals surface area contributed by atoms with Gasteiger partial charge in [0.1, 0.15) is 0 Å². The first-order valence-electron chi connectivity index (χ1n) is 6.52. The highest BCUT2D eigenvalue weighted by Gasteiger charge is 2.32. The number of halogens is 3. The van der Waals surface area contributed by atoms with Gasteiger partial charge < -0.3 is 10.6 Å². The summed E-state index contributed by atoms with van der Waals surface area (Å²) in [5.74, 6) is 0.863. The third kappa shape index (κ3) is 3.05. The summed E-state index contributed by atoms with van der Waals surface area (Å²) in [7, 11) is 0. The van der Waals surface area contributed by atoms with Gasteiger partial charge in [0, 0.05) is 6.54 Å². The Labute approximate surface area is 116 Å². The number of hydrogen-bond acceptors (Lipinski definition) is 3. The molecular weight excluding hydrogens is 267 g/mol. The molecule has 0 radical (unpaired) electrons. The Kier molecular flexibility index (Phi) is 3.92. The fourth-order valence-electron chi connectivity index (χ4n) is 2.32. The summed E-state index contributed by atoms with van der Waals surface area (Å²) in [5.41, 5.74) is 6.02. The summed E-state index contributed by atoms with van der Waals surface area (Å²) < 4.78 is 37.7. The Morgan fingerprint density at radius 3 is 2.40 bits per heavy atom. The van der Waals surface area contributed by atoms with E-state index in [4.69, 9.17) is 5.73 Å². The highest BCUT2D eigenvalue weighted by molar-refractivity contribution is 5.80. The van der Waals surface area contributed by atoms with Gasteiger partial charge in [0.2, 0.25) is 0 Å². The SMILES string of the molecule is CC(C)CN1C(N)=NCC1c1ccc(C(F)(F)F)cc1. The van der Waals surface area contributed by atoms with Crippen molar-refractivity contribution < 1.29 is 13.2 Å². The summed E-state index contributed by atoms with van der Waals surface area (Å²) in [6.45, 7) is 5.36. The van der Waals surface area contributed by atoms with E-state index in [0.29, 0.717) is 18.4 Å². The van der Waals surface area contributed by atoms with Gasteiger partial charge in [-0.25, -0.2) is 0 Å². The van der Waals surface area contributed by atoms with Gasteiger partial charge in [-0.1, -0.05) is 26.0 Å². The van der Waals surface area contributed by atoms with Crippen molar-refractivity contribution in [2.45, 2.75) is 26.1 Å². The zero-order valence-corrected chi connectivity index (χ0v) is 11.5. The summed E-state index contributed by atoms with van der Waals surface area (Å²) >= 11 is 0. The fourth-order valence-corrected chi connectivity index (χ4v) is 2.32. The van der Waals surface area contributed by atoms with Crippen molar-refractivity contribution in [3.05, 3.63) is 35.4 Å². The molecule has 0 saturated heterocycles. The van der Waals surface area contributed by atoms with Crippen LogP contribution in [0.15, 0.2) is 29.3 Å². The van der Waals surface area contributed by atoms with Crippen molar-refractivity contribution in [2.75, 3.05) is 13.1 Å². The first kappa shape index (κ1) is 14.7. The van der Waals surface area contributed by atoms with E-state index < -0.39 is 11.7 Å². The van der Waals surface area contributed by atoms with Crippen LogP contribution in [0, 0.1) is 5.92 Å². The standard InChI is InChI=1S/C14H18F3N3/c1-9(2)8-20-12(7-19-13(20)18)10-3-5-11(6-4-10)14(15,16)17/h3-6,9,12H,7-8H2,1-2H3,(H2,18,19). The van der Waals surface area contributed by atoms with Crippen LogP contribution in [0.5, 0.6) is 0 Å². The molecule has 0 bridgehead atoms. The minimum Gasteiger partial charge on any atom is -0.370 e. The molecule has 1 unspecified atom stereocenters. The van der Waals surface area contributed by atoms with Crippen LogP contribution in [0.4, 0.5) is 13.2 Å². The van der Waals surface area contributed by atoms with Crippen molar-refractivity contribution in [1.29, 1.82) is 0 Å². The van der Waals surface area contributed by atoms with Gasteiger partial charge in [-0.05, 0) is 23.6 Å². The van der Waals surface area contributed by atoms with E-state index in [9.17, 15) is 13.2 Å². The second-order valence-corrected chi connectivity index (χ2v) is 5.38.